The maximum Gasteiger partial charge on any atom is 0.313 e. The second-order valence-electron chi connectivity index (χ2n) is 3.20. The Morgan fingerprint density at radius 1 is 1.46 bits per heavy atom. The number of Topliss-reactive ketones (excluding diaryl/α,β-unsaturated/α-hetero) is 1. The van der Waals surface area contributed by atoms with Crippen molar-refractivity contribution >= 4 is 11.8 Å². The molecule has 0 N–H and O–H groups in total. The molecule has 1 aliphatic rings. The van der Waals surface area contributed by atoms with Crippen LogP contribution in [0.1, 0.15) is 25.7 Å². The van der Waals surface area contributed by atoms with Gasteiger partial charge in [-0.15, -0.1) is 0 Å². The average molecular weight is 182 g/mol. The van der Waals surface area contributed by atoms with Crippen molar-refractivity contribution in [1.29, 1.82) is 0 Å². The third-order valence-electron chi connectivity index (χ3n) is 2.27. The van der Waals surface area contributed by atoms with E-state index in [1.807, 2.05) is 6.08 Å². The van der Waals surface area contributed by atoms with Gasteiger partial charge < -0.3 is 4.74 Å². The molecule has 1 rings (SSSR count). The van der Waals surface area contributed by atoms with Crippen molar-refractivity contribution in [2.75, 3.05) is 7.11 Å². The van der Waals surface area contributed by atoms with Gasteiger partial charge in [-0.05, 0) is 19.3 Å². The minimum absolute atomic E-state index is 0.0104. The van der Waals surface area contributed by atoms with E-state index in [0.717, 1.165) is 19.3 Å². The first-order valence-corrected chi connectivity index (χ1v) is 4.48. The van der Waals surface area contributed by atoms with E-state index < -0.39 is 5.97 Å². The van der Waals surface area contributed by atoms with E-state index >= 15 is 0 Å². The monoisotopic (exact) mass is 182 g/mol. The fourth-order valence-electron chi connectivity index (χ4n) is 1.44. The predicted octanol–water partition coefficient (Wildman–Crippen LogP) is 1.47. The molecule has 0 saturated carbocycles. The Morgan fingerprint density at radius 2 is 2.23 bits per heavy atom. The highest BCUT2D eigenvalue weighted by Gasteiger charge is 2.21. The van der Waals surface area contributed by atoms with Gasteiger partial charge in [0.25, 0.3) is 0 Å². The van der Waals surface area contributed by atoms with Crippen molar-refractivity contribution in [2.45, 2.75) is 25.7 Å². The van der Waals surface area contributed by atoms with Crippen molar-refractivity contribution in [1.82, 2.24) is 0 Å². The molecule has 0 aromatic carbocycles. The molecule has 1 atom stereocenters. The van der Waals surface area contributed by atoms with Gasteiger partial charge in [-0.2, -0.15) is 0 Å². The molecule has 0 fully saturated rings. The molecule has 0 aromatic rings. The van der Waals surface area contributed by atoms with Gasteiger partial charge in [0, 0.05) is 5.92 Å². The Hall–Kier alpha value is -1.12. The van der Waals surface area contributed by atoms with E-state index in [0.29, 0.717) is 0 Å². The molecule has 0 radical (unpaired) electrons. The molecule has 72 valence electrons. The lowest BCUT2D eigenvalue weighted by Crippen LogP contribution is -2.19. The average Bonchev–Trinajstić information content (AvgIpc) is 2.19. The lowest BCUT2D eigenvalue weighted by atomic mass is 9.89. The van der Waals surface area contributed by atoms with E-state index in [9.17, 15) is 9.59 Å². The van der Waals surface area contributed by atoms with E-state index in [4.69, 9.17) is 0 Å². The molecule has 1 aliphatic carbocycles. The van der Waals surface area contributed by atoms with Crippen LogP contribution >= 0.6 is 0 Å². The second-order valence-corrected chi connectivity index (χ2v) is 3.20. The number of methoxy groups -OCH3 is 1. The van der Waals surface area contributed by atoms with E-state index in [1.165, 1.54) is 7.11 Å². The normalized spacial score (nSPS) is 21.2. The minimum atomic E-state index is -0.431. The SMILES string of the molecule is COC(=O)CC(=O)C1CC=CCC1. The fourth-order valence-corrected chi connectivity index (χ4v) is 1.44. The van der Waals surface area contributed by atoms with Crippen LogP contribution in [-0.2, 0) is 14.3 Å². The summed E-state index contributed by atoms with van der Waals surface area (Å²) < 4.78 is 4.43. The van der Waals surface area contributed by atoms with Crippen molar-refractivity contribution in [3.05, 3.63) is 12.2 Å². The third-order valence-corrected chi connectivity index (χ3v) is 2.27. The van der Waals surface area contributed by atoms with Crippen LogP contribution in [0.25, 0.3) is 0 Å². The first-order chi connectivity index (χ1) is 6.24. The van der Waals surface area contributed by atoms with Gasteiger partial charge in [-0.1, -0.05) is 12.2 Å². The number of carbonyl (C=O) groups excluding carboxylic acids is 2. The van der Waals surface area contributed by atoms with Crippen molar-refractivity contribution in [2.24, 2.45) is 5.92 Å². The zero-order valence-electron chi connectivity index (χ0n) is 7.79. The molecule has 3 nitrogen and oxygen atoms in total. The lowest BCUT2D eigenvalue weighted by molar-refractivity contribution is -0.144. The molecule has 0 heterocycles. The maximum absolute atomic E-state index is 11.4. The van der Waals surface area contributed by atoms with Crippen molar-refractivity contribution in [3.8, 4) is 0 Å². The van der Waals surface area contributed by atoms with Gasteiger partial charge in [0.15, 0.2) is 0 Å². The number of ketones is 1. The number of esters is 1. The van der Waals surface area contributed by atoms with Gasteiger partial charge in [0.2, 0.25) is 0 Å². The quantitative estimate of drug-likeness (QED) is 0.377. The largest absolute Gasteiger partial charge is 0.469 e. The lowest BCUT2D eigenvalue weighted by Gasteiger charge is -2.15. The summed E-state index contributed by atoms with van der Waals surface area (Å²) in [7, 11) is 1.30. The van der Waals surface area contributed by atoms with Crippen LogP contribution in [0.5, 0.6) is 0 Å². The molecule has 1 unspecified atom stereocenters. The van der Waals surface area contributed by atoms with Crippen molar-refractivity contribution < 1.29 is 14.3 Å². The Bertz CT molecular complexity index is 230. The topological polar surface area (TPSA) is 43.4 Å². The highest BCUT2D eigenvalue weighted by Crippen LogP contribution is 2.20. The van der Waals surface area contributed by atoms with Crippen molar-refractivity contribution in [3.63, 3.8) is 0 Å². The Kier molecular flexibility index (Phi) is 3.68. The van der Waals surface area contributed by atoms with Gasteiger partial charge in [-0.25, -0.2) is 0 Å². The zero-order chi connectivity index (χ0) is 9.68. The number of allylic oxidation sites excluding steroid dienone is 2. The molecule has 0 bridgehead atoms. The first kappa shape index (κ1) is 9.96. The summed E-state index contributed by atoms with van der Waals surface area (Å²) in [6.45, 7) is 0. The zero-order valence-corrected chi connectivity index (χ0v) is 7.79. The van der Waals surface area contributed by atoms with Crippen LogP contribution in [-0.4, -0.2) is 18.9 Å². The predicted molar refractivity (Wildman–Crippen MR) is 48.1 cm³/mol. The van der Waals surface area contributed by atoms with Gasteiger partial charge >= 0.3 is 5.97 Å². The molecule has 0 saturated heterocycles. The number of hydrogen-bond donors (Lipinski definition) is 0. The van der Waals surface area contributed by atoms with Gasteiger partial charge in [0.1, 0.15) is 12.2 Å². The van der Waals surface area contributed by atoms with Crippen LogP contribution in [0, 0.1) is 5.92 Å². The molecular formula is C10H14O3. The summed E-state index contributed by atoms with van der Waals surface area (Å²) >= 11 is 0. The number of ether oxygens (including phenoxy) is 1. The van der Waals surface area contributed by atoms with Crippen LogP contribution < -0.4 is 0 Å². The Morgan fingerprint density at radius 3 is 2.77 bits per heavy atom. The summed E-state index contributed by atoms with van der Waals surface area (Å²) in [5.74, 6) is -0.389. The Labute approximate surface area is 77.8 Å². The maximum atomic E-state index is 11.4. The van der Waals surface area contributed by atoms with E-state index in [2.05, 4.69) is 10.8 Å². The number of hydrogen-bond acceptors (Lipinski definition) is 3. The highest BCUT2D eigenvalue weighted by molar-refractivity contribution is 5.96. The molecule has 0 amide bonds. The standard InChI is InChI=1S/C10H14O3/c1-13-10(12)7-9(11)8-5-3-2-4-6-8/h2-3,8H,4-7H2,1H3. The number of carbonyl (C=O) groups is 2. The third kappa shape index (κ3) is 3.01. The molecule has 0 aliphatic heterocycles. The van der Waals surface area contributed by atoms with Crippen LogP contribution in [0.2, 0.25) is 0 Å². The summed E-state index contributed by atoms with van der Waals surface area (Å²) in [5.41, 5.74) is 0. The second kappa shape index (κ2) is 4.80. The summed E-state index contributed by atoms with van der Waals surface area (Å²) in [6, 6.07) is 0. The number of rotatable bonds is 3. The van der Waals surface area contributed by atoms with E-state index in [1.54, 1.807) is 0 Å². The van der Waals surface area contributed by atoms with Crippen LogP contribution in [0.4, 0.5) is 0 Å². The van der Waals surface area contributed by atoms with Crippen LogP contribution in [0.15, 0.2) is 12.2 Å². The molecule has 13 heavy (non-hydrogen) atoms. The van der Waals surface area contributed by atoms with E-state index in [-0.39, 0.29) is 18.1 Å². The van der Waals surface area contributed by atoms with Gasteiger partial charge in [-0.3, -0.25) is 9.59 Å². The molecular weight excluding hydrogens is 168 g/mol. The highest BCUT2D eigenvalue weighted by atomic mass is 16.5. The smallest absolute Gasteiger partial charge is 0.313 e. The summed E-state index contributed by atoms with van der Waals surface area (Å²) in [4.78, 5) is 22.2. The minimum Gasteiger partial charge on any atom is -0.469 e. The Balaban J connectivity index is 2.38. The van der Waals surface area contributed by atoms with Crippen LogP contribution in [0.3, 0.4) is 0 Å². The fraction of sp³-hybridized carbons (Fsp3) is 0.600. The molecule has 0 spiro atoms. The molecule has 3 heteroatoms. The first-order valence-electron chi connectivity index (χ1n) is 4.48. The van der Waals surface area contributed by atoms with Gasteiger partial charge in [0.05, 0.1) is 7.11 Å². The summed E-state index contributed by atoms with van der Waals surface area (Å²) in [5, 5.41) is 0. The summed E-state index contributed by atoms with van der Waals surface area (Å²) in [6.07, 6.45) is 6.58. The molecule has 0 aromatic heterocycles.